The second-order valence-electron chi connectivity index (χ2n) is 3.87. The van der Waals surface area contributed by atoms with Crippen molar-refractivity contribution in [1.29, 1.82) is 0 Å². The number of aliphatic hydroxyl groups excluding tert-OH is 1. The Labute approximate surface area is 116 Å². The van der Waals surface area contributed by atoms with Crippen molar-refractivity contribution in [1.82, 2.24) is 0 Å². The third-order valence-corrected chi connectivity index (χ3v) is 2.76. The number of anilines is 2. The first-order chi connectivity index (χ1) is 9.20. The molecule has 0 spiro atoms. The molecule has 3 N–H and O–H groups in total. The second kappa shape index (κ2) is 6.26. The van der Waals surface area contributed by atoms with E-state index in [4.69, 9.17) is 12.2 Å². The number of thiocarbonyl (C=S) groups is 1. The van der Waals surface area contributed by atoms with Crippen LogP contribution in [0.4, 0.5) is 15.8 Å². The van der Waals surface area contributed by atoms with Gasteiger partial charge >= 0.3 is 0 Å². The summed E-state index contributed by atoms with van der Waals surface area (Å²) in [5.41, 5.74) is 1.72. The topological polar surface area (TPSA) is 44.3 Å². The van der Waals surface area contributed by atoms with Crippen molar-refractivity contribution in [2.45, 2.75) is 6.61 Å². The van der Waals surface area contributed by atoms with Crippen LogP contribution in [-0.2, 0) is 6.61 Å². The van der Waals surface area contributed by atoms with Gasteiger partial charge in [0.15, 0.2) is 5.11 Å². The van der Waals surface area contributed by atoms with Crippen LogP contribution in [0, 0.1) is 5.82 Å². The summed E-state index contributed by atoms with van der Waals surface area (Å²) in [6, 6.07) is 13.5. The summed E-state index contributed by atoms with van der Waals surface area (Å²) in [6.07, 6.45) is 0. The molecule has 0 radical (unpaired) electrons. The van der Waals surface area contributed by atoms with Gasteiger partial charge in [0.05, 0.1) is 12.3 Å². The lowest BCUT2D eigenvalue weighted by Gasteiger charge is -2.13. The van der Waals surface area contributed by atoms with Crippen molar-refractivity contribution in [3.8, 4) is 0 Å². The minimum absolute atomic E-state index is 0.0918. The Morgan fingerprint density at radius 3 is 2.26 bits per heavy atom. The predicted octanol–water partition coefficient (Wildman–Crippen LogP) is 3.13. The van der Waals surface area contributed by atoms with Crippen LogP contribution in [0.3, 0.4) is 0 Å². The fourth-order valence-corrected chi connectivity index (χ4v) is 1.84. The molecule has 0 saturated heterocycles. The van der Waals surface area contributed by atoms with Gasteiger partial charge in [0, 0.05) is 11.3 Å². The summed E-state index contributed by atoms with van der Waals surface area (Å²) in [6.45, 7) is -0.0918. The lowest BCUT2D eigenvalue weighted by Crippen LogP contribution is -2.20. The first-order valence-electron chi connectivity index (χ1n) is 5.72. The summed E-state index contributed by atoms with van der Waals surface area (Å²) in [5, 5.41) is 15.2. The summed E-state index contributed by atoms with van der Waals surface area (Å²) < 4.78 is 13.4. The molecule has 5 heteroatoms. The number of hydrogen-bond acceptors (Lipinski definition) is 2. The number of halogens is 1. The van der Waals surface area contributed by atoms with E-state index in [9.17, 15) is 9.50 Å². The Morgan fingerprint density at radius 2 is 1.58 bits per heavy atom. The number of rotatable bonds is 3. The molecule has 2 rings (SSSR count). The number of aliphatic hydroxyl groups is 1. The van der Waals surface area contributed by atoms with Crippen molar-refractivity contribution >= 4 is 28.7 Å². The van der Waals surface area contributed by atoms with Gasteiger partial charge in [0.1, 0.15) is 5.82 Å². The summed E-state index contributed by atoms with van der Waals surface area (Å²) in [4.78, 5) is 0. The quantitative estimate of drug-likeness (QED) is 0.754. The van der Waals surface area contributed by atoms with Crippen molar-refractivity contribution < 1.29 is 9.50 Å². The molecular weight excluding hydrogens is 263 g/mol. The highest BCUT2D eigenvalue weighted by Crippen LogP contribution is 2.16. The van der Waals surface area contributed by atoms with E-state index in [1.54, 1.807) is 30.3 Å². The van der Waals surface area contributed by atoms with Crippen LogP contribution >= 0.6 is 12.2 Å². The van der Waals surface area contributed by atoms with E-state index in [2.05, 4.69) is 10.6 Å². The molecule has 0 aliphatic carbocycles. The molecule has 0 aliphatic rings. The fourth-order valence-electron chi connectivity index (χ4n) is 1.62. The van der Waals surface area contributed by atoms with Crippen molar-refractivity contribution in [3.05, 3.63) is 59.9 Å². The highest BCUT2D eigenvalue weighted by molar-refractivity contribution is 7.80. The number of para-hydroxylation sites is 2. The smallest absolute Gasteiger partial charge is 0.175 e. The van der Waals surface area contributed by atoms with Crippen LogP contribution in [0.2, 0.25) is 0 Å². The second-order valence-corrected chi connectivity index (χ2v) is 4.28. The maximum absolute atomic E-state index is 13.4. The lowest BCUT2D eigenvalue weighted by atomic mass is 10.2. The Morgan fingerprint density at radius 1 is 1.00 bits per heavy atom. The van der Waals surface area contributed by atoms with Gasteiger partial charge in [-0.3, -0.25) is 0 Å². The Kier molecular flexibility index (Phi) is 4.43. The molecular formula is C14H13FN2OS. The molecule has 98 valence electrons. The van der Waals surface area contributed by atoms with E-state index in [0.717, 1.165) is 5.56 Å². The highest BCUT2D eigenvalue weighted by atomic mass is 32.1. The van der Waals surface area contributed by atoms with Crippen molar-refractivity contribution in [3.63, 3.8) is 0 Å². The average Bonchev–Trinajstić information content (AvgIpc) is 2.42. The largest absolute Gasteiger partial charge is 0.392 e. The lowest BCUT2D eigenvalue weighted by molar-refractivity contribution is 0.282. The minimum Gasteiger partial charge on any atom is -0.392 e. The Bertz CT molecular complexity index is 589. The maximum Gasteiger partial charge on any atom is 0.175 e. The van der Waals surface area contributed by atoms with E-state index in [0.29, 0.717) is 11.4 Å². The highest BCUT2D eigenvalue weighted by Gasteiger charge is 2.05. The standard InChI is InChI=1S/C14H13FN2OS/c15-11-6-2-4-8-13(11)17-14(19)16-12-7-3-1-5-10(12)9-18/h1-8,18H,9H2,(H2,16,17,19). The van der Waals surface area contributed by atoms with Crippen LogP contribution in [0.15, 0.2) is 48.5 Å². The molecule has 0 atom stereocenters. The van der Waals surface area contributed by atoms with E-state index in [1.807, 2.05) is 12.1 Å². The van der Waals surface area contributed by atoms with Gasteiger partial charge in [-0.05, 0) is 30.4 Å². The zero-order valence-electron chi connectivity index (χ0n) is 10.1. The monoisotopic (exact) mass is 276 g/mol. The third kappa shape index (κ3) is 3.49. The predicted molar refractivity (Wildman–Crippen MR) is 78.6 cm³/mol. The molecule has 0 fully saturated rings. The van der Waals surface area contributed by atoms with E-state index < -0.39 is 0 Å². The van der Waals surface area contributed by atoms with Gasteiger partial charge in [-0.2, -0.15) is 0 Å². The molecule has 0 aromatic heterocycles. The van der Waals surface area contributed by atoms with Crippen LogP contribution in [0.1, 0.15) is 5.56 Å². The van der Waals surface area contributed by atoms with Gasteiger partial charge in [-0.1, -0.05) is 30.3 Å². The van der Waals surface area contributed by atoms with Gasteiger partial charge in [-0.25, -0.2) is 4.39 Å². The van der Waals surface area contributed by atoms with E-state index in [-0.39, 0.29) is 17.5 Å². The van der Waals surface area contributed by atoms with Crippen LogP contribution in [0.5, 0.6) is 0 Å². The third-order valence-electron chi connectivity index (χ3n) is 2.56. The van der Waals surface area contributed by atoms with E-state index in [1.165, 1.54) is 6.07 Å². The Balaban J connectivity index is 2.08. The van der Waals surface area contributed by atoms with Crippen LogP contribution in [-0.4, -0.2) is 10.2 Å². The van der Waals surface area contributed by atoms with Gasteiger partial charge in [0.2, 0.25) is 0 Å². The maximum atomic E-state index is 13.4. The Hall–Kier alpha value is -1.98. The molecule has 0 heterocycles. The molecule has 2 aromatic carbocycles. The molecule has 0 unspecified atom stereocenters. The average molecular weight is 276 g/mol. The van der Waals surface area contributed by atoms with Crippen molar-refractivity contribution in [2.75, 3.05) is 10.6 Å². The van der Waals surface area contributed by atoms with Gasteiger partial charge < -0.3 is 15.7 Å². The molecule has 2 aromatic rings. The van der Waals surface area contributed by atoms with E-state index >= 15 is 0 Å². The van der Waals surface area contributed by atoms with Crippen molar-refractivity contribution in [2.24, 2.45) is 0 Å². The summed E-state index contributed by atoms with van der Waals surface area (Å²) in [5.74, 6) is -0.373. The molecule has 0 bridgehead atoms. The molecule has 0 saturated carbocycles. The number of nitrogens with one attached hydrogen (secondary N) is 2. The van der Waals surface area contributed by atoms with Gasteiger partial charge in [0.25, 0.3) is 0 Å². The van der Waals surface area contributed by atoms with Crippen LogP contribution in [0.25, 0.3) is 0 Å². The zero-order chi connectivity index (χ0) is 13.7. The summed E-state index contributed by atoms with van der Waals surface area (Å²) in [7, 11) is 0. The van der Waals surface area contributed by atoms with Crippen LogP contribution < -0.4 is 10.6 Å². The number of benzene rings is 2. The molecule has 19 heavy (non-hydrogen) atoms. The minimum atomic E-state index is -0.373. The molecule has 0 aliphatic heterocycles. The molecule has 3 nitrogen and oxygen atoms in total. The fraction of sp³-hybridized carbons (Fsp3) is 0.0714. The molecule has 0 amide bonds. The zero-order valence-corrected chi connectivity index (χ0v) is 10.9. The first-order valence-corrected chi connectivity index (χ1v) is 6.13. The number of hydrogen-bond donors (Lipinski definition) is 3. The summed E-state index contributed by atoms with van der Waals surface area (Å²) >= 11 is 5.11. The van der Waals surface area contributed by atoms with Gasteiger partial charge in [-0.15, -0.1) is 0 Å². The first kappa shape index (κ1) is 13.5. The SMILES string of the molecule is OCc1ccccc1NC(=S)Nc1ccccc1F. The normalized spacial score (nSPS) is 10.0.